The van der Waals surface area contributed by atoms with Gasteiger partial charge < -0.3 is 0 Å². The molecular formula is C17H20ClN2O2S2+. The maximum absolute atomic E-state index is 12.3. The highest BCUT2D eigenvalue weighted by atomic mass is 35.5. The molecule has 0 heterocycles. The second-order valence-corrected chi connectivity index (χ2v) is 8.76. The van der Waals surface area contributed by atoms with Gasteiger partial charge in [0.2, 0.25) is 0 Å². The molecule has 24 heavy (non-hydrogen) atoms. The molecule has 0 amide bonds. The Bertz CT molecular complexity index is 815. The van der Waals surface area contributed by atoms with Gasteiger partial charge in [-0.1, -0.05) is 37.6 Å². The van der Waals surface area contributed by atoms with Crippen molar-refractivity contribution in [2.45, 2.75) is 29.6 Å². The Morgan fingerprint density at radius 2 is 1.71 bits per heavy atom. The largest absolute Gasteiger partial charge is 0.328 e. The molecule has 0 atom stereocenters. The lowest BCUT2D eigenvalue weighted by Gasteiger charge is -2.05. The minimum atomic E-state index is -3.66. The molecule has 0 aliphatic carbocycles. The predicted molar refractivity (Wildman–Crippen MR) is 100 cm³/mol. The zero-order valence-corrected chi connectivity index (χ0v) is 15.9. The number of amidine groups is 1. The van der Waals surface area contributed by atoms with Crippen molar-refractivity contribution in [2.75, 3.05) is 5.75 Å². The van der Waals surface area contributed by atoms with E-state index in [0.29, 0.717) is 16.7 Å². The molecule has 0 unspecified atom stereocenters. The first-order valence-corrected chi connectivity index (χ1v) is 10.2. The maximum atomic E-state index is 12.3. The molecule has 0 aliphatic rings. The van der Waals surface area contributed by atoms with Gasteiger partial charge in [0.25, 0.3) is 5.84 Å². The van der Waals surface area contributed by atoms with E-state index in [4.69, 9.17) is 17.3 Å². The molecule has 0 saturated heterocycles. The van der Waals surface area contributed by atoms with Gasteiger partial charge in [0.1, 0.15) is 4.90 Å². The van der Waals surface area contributed by atoms with Gasteiger partial charge in [-0.15, -0.1) is 11.8 Å². The van der Waals surface area contributed by atoms with Crippen molar-refractivity contribution in [2.24, 2.45) is 5.73 Å². The van der Waals surface area contributed by atoms with Crippen LogP contribution in [-0.2, 0) is 10.0 Å². The van der Waals surface area contributed by atoms with Crippen molar-refractivity contribution in [3.05, 3.63) is 59.1 Å². The minimum absolute atomic E-state index is 0.183. The Labute approximate surface area is 152 Å². The van der Waals surface area contributed by atoms with Crippen LogP contribution in [-0.4, -0.2) is 20.0 Å². The van der Waals surface area contributed by atoms with Gasteiger partial charge in [-0.3, -0.25) is 5.73 Å². The van der Waals surface area contributed by atoms with Crippen LogP contribution in [0.25, 0.3) is 0 Å². The third-order valence-corrected chi connectivity index (χ3v) is 6.07. The first-order chi connectivity index (χ1) is 11.3. The number of nitrogens with two attached hydrogens (primary N) is 1. The lowest BCUT2D eigenvalue weighted by Crippen LogP contribution is -2.79. The van der Waals surface area contributed by atoms with E-state index in [1.165, 1.54) is 11.8 Å². The standard InChI is InChI=1S/C17H19ClN2O2S2/c1-12(2)13-3-9-16(10-4-13)24(21,22)20-17(19)11-23-15-7-5-14(18)6-8-15/h3-10,12H,11H2,1-2H3,(H2,19,20)/p+1. The Morgan fingerprint density at radius 1 is 1.12 bits per heavy atom. The smallest absolute Gasteiger partial charge is 0.289 e. The zero-order chi connectivity index (χ0) is 17.7. The number of benzene rings is 2. The molecule has 4 nitrogen and oxygen atoms in total. The molecule has 2 rings (SSSR count). The van der Waals surface area contributed by atoms with Crippen LogP contribution in [0.4, 0.5) is 0 Å². The van der Waals surface area contributed by atoms with Gasteiger partial charge >= 0.3 is 10.0 Å². The highest BCUT2D eigenvalue weighted by molar-refractivity contribution is 8.00. The van der Waals surface area contributed by atoms with Crippen molar-refractivity contribution >= 4 is 39.2 Å². The number of sulfonamides is 1. The van der Waals surface area contributed by atoms with Gasteiger partial charge in [-0.05, 0) is 47.9 Å². The molecule has 3 N–H and O–H groups in total. The normalized spacial score (nSPS) is 12.6. The molecular weight excluding hydrogens is 364 g/mol. The summed E-state index contributed by atoms with van der Waals surface area (Å²) in [4.78, 5) is 1.16. The molecule has 128 valence electrons. The molecule has 0 spiro atoms. The summed E-state index contributed by atoms with van der Waals surface area (Å²) in [5.41, 5.74) is 6.92. The van der Waals surface area contributed by atoms with Gasteiger partial charge in [0, 0.05) is 9.92 Å². The first-order valence-electron chi connectivity index (χ1n) is 7.40. The van der Waals surface area contributed by atoms with Crippen LogP contribution in [0.1, 0.15) is 25.3 Å². The van der Waals surface area contributed by atoms with Gasteiger partial charge in [-0.2, -0.15) is 12.8 Å². The summed E-state index contributed by atoms with van der Waals surface area (Å²) in [6.07, 6.45) is 0. The van der Waals surface area contributed by atoms with Gasteiger partial charge in [0.15, 0.2) is 0 Å². The van der Waals surface area contributed by atoms with Crippen LogP contribution in [0.2, 0.25) is 5.02 Å². The Hall–Kier alpha value is -1.50. The highest BCUT2D eigenvalue weighted by Crippen LogP contribution is 2.19. The van der Waals surface area contributed by atoms with E-state index in [1.807, 2.05) is 24.3 Å². The molecule has 0 aromatic heterocycles. The quantitative estimate of drug-likeness (QED) is 0.456. The number of halogens is 1. The topological polar surface area (TPSA) is 74.1 Å². The van der Waals surface area contributed by atoms with E-state index < -0.39 is 10.0 Å². The van der Waals surface area contributed by atoms with Crippen LogP contribution in [0.3, 0.4) is 0 Å². The SMILES string of the molecule is CC(C)c1ccc(S(=O)(=O)[NH+]=C(N)CSc2ccc(Cl)cc2)cc1. The molecule has 7 heteroatoms. The molecule has 0 saturated carbocycles. The summed E-state index contributed by atoms with van der Waals surface area (Å²) >= 11 is 7.26. The van der Waals surface area contributed by atoms with Crippen molar-refractivity contribution in [3.63, 3.8) is 0 Å². The van der Waals surface area contributed by atoms with E-state index in [2.05, 4.69) is 18.2 Å². The summed E-state index contributed by atoms with van der Waals surface area (Å²) in [7, 11) is -3.66. The van der Waals surface area contributed by atoms with Gasteiger partial charge in [0.05, 0.1) is 5.75 Å². The molecule has 0 radical (unpaired) electrons. The lowest BCUT2D eigenvalue weighted by atomic mass is 10.0. The van der Waals surface area contributed by atoms with Crippen LogP contribution in [0.5, 0.6) is 0 Å². The van der Waals surface area contributed by atoms with Crippen LogP contribution in [0.15, 0.2) is 58.3 Å². The average Bonchev–Trinajstić information content (AvgIpc) is 2.54. The van der Waals surface area contributed by atoms with Crippen LogP contribution < -0.4 is 10.1 Å². The summed E-state index contributed by atoms with van der Waals surface area (Å²) in [6, 6.07) is 14.1. The van der Waals surface area contributed by atoms with E-state index in [0.717, 1.165) is 10.5 Å². The van der Waals surface area contributed by atoms with Crippen molar-refractivity contribution in [1.82, 2.24) is 0 Å². The number of rotatable bonds is 6. The molecule has 0 bridgehead atoms. The fourth-order valence-corrected chi connectivity index (χ4v) is 3.95. The third kappa shape index (κ3) is 5.26. The Morgan fingerprint density at radius 3 is 2.25 bits per heavy atom. The van der Waals surface area contributed by atoms with E-state index in [9.17, 15) is 8.42 Å². The molecule has 2 aromatic rings. The van der Waals surface area contributed by atoms with Crippen LogP contribution >= 0.6 is 23.4 Å². The highest BCUT2D eigenvalue weighted by Gasteiger charge is 2.17. The fourth-order valence-electron chi connectivity index (χ4n) is 1.98. The number of hydrogen-bond donors (Lipinski definition) is 2. The molecule has 0 fully saturated rings. The van der Waals surface area contributed by atoms with E-state index in [-0.39, 0.29) is 10.7 Å². The van der Waals surface area contributed by atoms with Gasteiger partial charge in [-0.25, -0.2) is 0 Å². The maximum Gasteiger partial charge on any atom is 0.328 e. The molecule has 0 aliphatic heterocycles. The molecule has 2 aromatic carbocycles. The minimum Gasteiger partial charge on any atom is -0.289 e. The summed E-state index contributed by atoms with van der Waals surface area (Å²) < 4.78 is 27.1. The first kappa shape index (κ1) is 18.8. The second kappa shape index (κ2) is 8.05. The Kier molecular flexibility index (Phi) is 6.32. The zero-order valence-electron chi connectivity index (χ0n) is 13.5. The predicted octanol–water partition coefficient (Wildman–Crippen LogP) is 2.38. The number of thioether (sulfide) groups is 1. The van der Waals surface area contributed by atoms with Crippen LogP contribution in [0, 0.1) is 0 Å². The summed E-state index contributed by atoms with van der Waals surface area (Å²) in [5, 5.41) is 0.654. The van der Waals surface area contributed by atoms with E-state index in [1.54, 1.807) is 24.3 Å². The summed E-state index contributed by atoms with van der Waals surface area (Å²) in [5.74, 6) is 0.871. The Balaban J connectivity index is 2.08. The summed E-state index contributed by atoms with van der Waals surface area (Å²) in [6.45, 7) is 4.11. The van der Waals surface area contributed by atoms with Crippen molar-refractivity contribution in [3.8, 4) is 0 Å². The number of nitrogens with one attached hydrogen (secondary N) is 1. The third-order valence-electron chi connectivity index (χ3n) is 3.33. The van der Waals surface area contributed by atoms with Crippen molar-refractivity contribution in [1.29, 1.82) is 0 Å². The van der Waals surface area contributed by atoms with E-state index >= 15 is 0 Å². The monoisotopic (exact) mass is 383 g/mol. The average molecular weight is 384 g/mol. The van der Waals surface area contributed by atoms with Crippen molar-refractivity contribution < 1.29 is 12.8 Å². The lowest BCUT2D eigenvalue weighted by molar-refractivity contribution is -0.269. The number of hydrogen-bond acceptors (Lipinski definition) is 3. The fraction of sp³-hybridized carbons (Fsp3) is 0.235. The second-order valence-electron chi connectivity index (χ2n) is 5.60.